The number of amides is 1. The molecule has 3 heterocycles. The summed E-state index contributed by atoms with van der Waals surface area (Å²) in [6.07, 6.45) is 3.37. The van der Waals surface area contributed by atoms with E-state index in [2.05, 4.69) is 22.2 Å². The minimum Gasteiger partial charge on any atom is -0.341 e. The third-order valence-electron chi connectivity index (χ3n) is 4.94. The van der Waals surface area contributed by atoms with E-state index in [-0.39, 0.29) is 23.5 Å². The molecule has 0 atom stereocenters. The zero-order valence-electron chi connectivity index (χ0n) is 14.9. The molecule has 2 aromatic heterocycles. The van der Waals surface area contributed by atoms with Gasteiger partial charge in [-0.05, 0) is 43.0 Å². The average molecular weight is 387 g/mol. The number of hydrogen-bond donors (Lipinski definition) is 0. The summed E-state index contributed by atoms with van der Waals surface area (Å²) in [4.78, 5) is 31.3. The number of benzene rings is 1. The van der Waals surface area contributed by atoms with Crippen molar-refractivity contribution < 1.29 is 4.79 Å². The highest BCUT2D eigenvalue weighted by Crippen LogP contribution is 2.17. The summed E-state index contributed by atoms with van der Waals surface area (Å²) in [5.41, 5.74) is 0.800. The number of carbonyl (C=O) groups excluding carboxylic acids is 1. The van der Waals surface area contributed by atoms with Crippen molar-refractivity contribution in [3.05, 3.63) is 46.0 Å². The molecule has 0 saturated carbocycles. The van der Waals surface area contributed by atoms with E-state index in [1.54, 1.807) is 29.2 Å². The molecule has 1 aliphatic heterocycles. The zero-order valence-corrected chi connectivity index (χ0v) is 15.6. The number of nitrogens with zero attached hydrogens (tertiary/aromatic N) is 6. The summed E-state index contributed by atoms with van der Waals surface area (Å²) in [5.74, 6) is 0.563. The smallest absolute Gasteiger partial charge is 0.284 e. The number of rotatable bonds is 3. The molecule has 0 spiro atoms. The van der Waals surface area contributed by atoms with E-state index < -0.39 is 0 Å². The van der Waals surface area contributed by atoms with Gasteiger partial charge in [0.05, 0.1) is 5.69 Å². The minimum absolute atomic E-state index is 0.0377. The molecule has 1 aromatic carbocycles. The van der Waals surface area contributed by atoms with Gasteiger partial charge in [-0.15, -0.1) is 5.10 Å². The van der Waals surface area contributed by atoms with E-state index in [1.807, 2.05) is 0 Å². The maximum atomic E-state index is 12.7. The molecule has 1 aliphatic rings. The summed E-state index contributed by atoms with van der Waals surface area (Å²) < 4.78 is 2.77. The lowest BCUT2D eigenvalue weighted by Gasteiger charge is -2.30. The van der Waals surface area contributed by atoms with Gasteiger partial charge in [0.25, 0.3) is 5.56 Å². The van der Waals surface area contributed by atoms with Gasteiger partial charge in [0.2, 0.25) is 5.91 Å². The second-order valence-electron chi connectivity index (χ2n) is 6.89. The van der Waals surface area contributed by atoms with Gasteiger partial charge in [0.1, 0.15) is 12.9 Å². The third-order valence-corrected chi connectivity index (χ3v) is 5.19. The first kappa shape index (κ1) is 17.7. The number of aromatic nitrogens is 5. The quantitative estimate of drug-likeness (QED) is 0.686. The second kappa shape index (κ2) is 7.11. The molecule has 1 fully saturated rings. The van der Waals surface area contributed by atoms with E-state index in [4.69, 9.17) is 11.6 Å². The van der Waals surface area contributed by atoms with Gasteiger partial charge in [-0.2, -0.15) is 4.68 Å². The van der Waals surface area contributed by atoms with Crippen LogP contribution in [-0.4, -0.2) is 48.4 Å². The fraction of sp³-hybridized carbons (Fsp3) is 0.389. The normalized spacial score (nSPS) is 15.4. The van der Waals surface area contributed by atoms with E-state index in [1.165, 1.54) is 15.6 Å². The van der Waals surface area contributed by atoms with Crippen LogP contribution in [0.2, 0.25) is 5.02 Å². The molecule has 1 amide bonds. The molecule has 0 aliphatic carbocycles. The minimum atomic E-state index is -0.376. The monoisotopic (exact) mass is 386 g/mol. The average Bonchev–Trinajstić information content (AvgIpc) is 3.10. The Hall–Kier alpha value is -2.74. The van der Waals surface area contributed by atoms with E-state index in [9.17, 15) is 9.59 Å². The van der Waals surface area contributed by atoms with Crippen LogP contribution in [-0.2, 0) is 11.3 Å². The summed E-state index contributed by atoms with van der Waals surface area (Å²) >= 11 is 5.91. The highest BCUT2D eigenvalue weighted by atomic mass is 35.5. The molecule has 27 heavy (non-hydrogen) atoms. The fourth-order valence-corrected chi connectivity index (χ4v) is 3.34. The van der Waals surface area contributed by atoms with E-state index in [0.717, 1.165) is 25.9 Å². The Labute approximate surface area is 160 Å². The third kappa shape index (κ3) is 3.44. The highest BCUT2D eigenvalue weighted by molar-refractivity contribution is 6.30. The topological polar surface area (TPSA) is 85.9 Å². The number of halogens is 1. The largest absolute Gasteiger partial charge is 0.341 e. The summed E-state index contributed by atoms with van der Waals surface area (Å²) in [6.45, 7) is 3.62. The van der Waals surface area contributed by atoms with Crippen LogP contribution < -0.4 is 5.56 Å². The first-order valence-corrected chi connectivity index (χ1v) is 9.25. The molecule has 0 N–H and O–H groups in total. The highest BCUT2D eigenvalue weighted by Gasteiger charge is 2.21. The van der Waals surface area contributed by atoms with Crippen LogP contribution in [0.3, 0.4) is 0 Å². The van der Waals surface area contributed by atoms with Crippen molar-refractivity contribution in [2.75, 3.05) is 13.1 Å². The molecule has 0 radical (unpaired) electrons. The van der Waals surface area contributed by atoms with Gasteiger partial charge in [0.15, 0.2) is 11.2 Å². The van der Waals surface area contributed by atoms with Crippen molar-refractivity contribution in [3.63, 3.8) is 0 Å². The number of hydrogen-bond acceptors (Lipinski definition) is 5. The maximum absolute atomic E-state index is 12.7. The van der Waals surface area contributed by atoms with Crippen LogP contribution in [0.4, 0.5) is 0 Å². The molecule has 9 heteroatoms. The molecule has 0 bridgehead atoms. The summed E-state index contributed by atoms with van der Waals surface area (Å²) in [6, 6.07) is 6.99. The zero-order chi connectivity index (χ0) is 19.0. The molecule has 140 valence electrons. The predicted molar refractivity (Wildman–Crippen MR) is 101 cm³/mol. The fourth-order valence-electron chi connectivity index (χ4n) is 3.22. The first-order valence-electron chi connectivity index (χ1n) is 8.87. The Morgan fingerprint density at radius 2 is 1.93 bits per heavy atom. The van der Waals surface area contributed by atoms with Crippen LogP contribution >= 0.6 is 11.6 Å². The van der Waals surface area contributed by atoms with Gasteiger partial charge in [-0.3, -0.25) is 14.2 Å². The van der Waals surface area contributed by atoms with E-state index >= 15 is 0 Å². The molecule has 0 unspecified atom stereocenters. The van der Waals surface area contributed by atoms with Crippen LogP contribution in [0.5, 0.6) is 0 Å². The van der Waals surface area contributed by atoms with Crippen molar-refractivity contribution in [2.24, 2.45) is 5.92 Å². The van der Waals surface area contributed by atoms with Crippen LogP contribution in [0.15, 0.2) is 35.4 Å². The van der Waals surface area contributed by atoms with Gasteiger partial charge in [-0.25, -0.2) is 4.98 Å². The van der Waals surface area contributed by atoms with Crippen molar-refractivity contribution in [3.8, 4) is 5.69 Å². The lowest BCUT2D eigenvalue weighted by Crippen LogP contribution is -2.41. The molecule has 1 saturated heterocycles. The number of fused-ring (bicyclic) bond motifs is 1. The number of carbonyl (C=O) groups is 1. The Bertz CT molecular complexity index is 1030. The van der Waals surface area contributed by atoms with Crippen molar-refractivity contribution >= 4 is 28.7 Å². The summed E-state index contributed by atoms with van der Waals surface area (Å²) in [5, 5.41) is 8.59. The standard InChI is InChI=1S/C18H19ClN6O2/c1-12-6-8-23(9-7-12)15(26)10-24-11-20-17-16(18(24)27)21-22-25(17)14-4-2-13(19)3-5-14/h2-5,11-12H,6-10H2,1H3. The van der Waals surface area contributed by atoms with Gasteiger partial charge in [0, 0.05) is 18.1 Å². The number of likely N-dealkylation sites (tertiary alicyclic amines) is 1. The first-order chi connectivity index (χ1) is 13.0. The SMILES string of the molecule is CC1CCN(C(=O)Cn2cnc3c(nnn3-c3ccc(Cl)cc3)c2=O)CC1. The number of piperidine rings is 1. The van der Waals surface area contributed by atoms with Gasteiger partial charge in [-0.1, -0.05) is 23.7 Å². The molecule has 3 aromatic rings. The van der Waals surface area contributed by atoms with Gasteiger partial charge < -0.3 is 4.90 Å². The molecule has 4 rings (SSSR count). The lowest BCUT2D eigenvalue weighted by atomic mass is 9.99. The van der Waals surface area contributed by atoms with Crippen molar-refractivity contribution in [1.29, 1.82) is 0 Å². The molecular formula is C18H19ClN6O2. The second-order valence-corrected chi connectivity index (χ2v) is 7.33. The Balaban J connectivity index is 1.60. The van der Waals surface area contributed by atoms with Crippen LogP contribution in [0.1, 0.15) is 19.8 Å². The van der Waals surface area contributed by atoms with Gasteiger partial charge >= 0.3 is 0 Å². The Kier molecular flexibility index (Phi) is 4.65. The Morgan fingerprint density at radius 3 is 2.63 bits per heavy atom. The van der Waals surface area contributed by atoms with Crippen molar-refractivity contribution in [2.45, 2.75) is 26.3 Å². The lowest BCUT2D eigenvalue weighted by molar-refractivity contribution is -0.133. The van der Waals surface area contributed by atoms with Crippen molar-refractivity contribution in [1.82, 2.24) is 29.4 Å². The molecule has 8 nitrogen and oxygen atoms in total. The van der Waals surface area contributed by atoms with Crippen LogP contribution in [0.25, 0.3) is 16.9 Å². The predicted octanol–water partition coefficient (Wildman–Crippen LogP) is 1.89. The maximum Gasteiger partial charge on any atom is 0.284 e. The molecular weight excluding hydrogens is 368 g/mol. The van der Waals surface area contributed by atoms with Crippen LogP contribution in [0, 0.1) is 5.92 Å². The van der Waals surface area contributed by atoms with E-state index in [0.29, 0.717) is 22.3 Å². The summed E-state index contributed by atoms with van der Waals surface area (Å²) in [7, 11) is 0. The Morgan fingerprint density at radius 1 is 1.22 bits per heavy atom.